The molecular formula is C12H25N3O2. The highest BCUT2D eigenvalue weighted by molar-refractivity contribution is 5.96. The predicted molar refractivity (Wildman–Crippen MR) is 68.7 cm³/mol. The van der Waals surface area contributed by atoms with E-state index >= 15 is 0 Å². The topological polar surface area (TPSA) is 70.2 Å². The minimum Gasteiger partial charge on any atom is -0.338 e. The highest BCUT2D eigenvalue weighted by Crippen LogP contribution is 2.07. The van der Waals surface area contributed by atoms with Gasteiger partial charge < -0.3 is 10.6 Å². The molecule has 0 aromatic rings. The largest absolute Gasteiger partial charge is 0.338 e. The van der Waals surface area contributed by atoms with Crippen molar-refractivity contribution >= 4 is 11.9 Å². The van der Waals surface area contributed by atoms with Crippen LogP contribution in [0.3, 0.4) is 0 Å². The van der Waals surface area contributed by atoms with Crippen LogP contribution in [0.5, 0.6) is 0 Å². The van der Waals surface area contributed by atoms with Crippen LogP contribution in [-0.4, -0.2) is 31.1 Å². The number of carbonyl (C=O) groups excluding carboxylic acids is 2. The SMILES string of the molecule is CCNC(=O)NC(=O)C(C)NCC(C)C(C)C. The van der Waals surface area contributed by atoms with Crippen LogP contribution in [0.15, 0.2) is 0 Å². The third kappa shape index (κ3) is 6.94. The van der Waals surface area contributed by atoms with Crippen molar-refractivity contribution in [3.63, 3.8) is 0 Å². The summed E-state index contributed by atoms with van der Waals surface area (Å²) in [5.41, 5.74) is 0. The summed E-state index contributed by atoms with van der Waals surface area (Å²) in [5.74, 6) is 0.766. The van der Waals surface area contributed by atoms with E-state index in [1.807, 2.05) is 0 Å². The van der Waals surface area contributed by atoms with E-state index < -0.39 is 6.03 Å². The second-order valence-corrected chi connectivity index (χ2v) is 4.70. The molecule has 2 atom stereocenters. The molecule has 3 N–H and O–H groups in total. The Bertz CT molecular complexity index is 254. The van der Waals surface area contributed by atoms with E-state index in [1.165, 1.54) is 0 Å². The Labute approximate surface area is 104 Å². The first-order chi connectivity index (χ1) is 7.88. The van der Waals surface area contributed by atoms with Gasteiger partial charge in [0.2, 0.25) is 5.91 Å². The van der Waals surface area contributed by atoms with Gasteiger partial charge in [0.15, 0.2) is 0 Å². The highest BCUT2D eigenvalue weighted by Gasteiger charge is 2.16. The molecule has 0 heterocycles. The minimum atomic E-state index is -0.442. The number of hydrogen-bond acceptors (Lipinski definition) is 3. The number of nitrogens with one attached hydrogen (secondary N) is 3. The molecule has 5 nitrogen and oxygen atoms in total. The lowest BCUT2D eigenvalue weighted by Crippen LogP contribution is -2.48. The van der Waals surface area contributed by atoms with Crippen LogP contribution < -0.4 is 16.0 Å². The molecule has 0 saturated heterocycles. The van der Waals surface area contributed by atoms with Crippen molar-refractivity contribution in [2.24, 2.45) is 11.8 Å². The standard InChI is InChI=1S/C12H25N3O2/c1-6-13-12(17)15-11(16)10(5)14-7-9(4)8(2)3/h8-10,14H,6-7H2,1-5H3,(H2,13,15,16,17). The maximum absolute atomic E-state index is 11.6. The van der Waals surface area contributed by atoms with E-state index in [2.05, 4.69) is 36.7 Å². The van der Waals surface area contributed by atoms with E-state index in [4.69, 9.17) is 0 Å². The summed E-state index contributed by atoms with van der Waals surface area (Å²) in [6.45, 7) is 11.2. The van der Waals surface area contributed by atoms with Gasteiger partial charge in [0.05, 0.1) is 6.04 Å². The Morgan fingerprint density at radius 3 is 2.18 bits per heavy atom. The zero-order chi connectivity index (χ0) is 13.4. The van der Waals surface area contributed by atoms with E-state index in [0.29, 0.717) is 18.4 Å². The summed E-state index contributed by atoms with van der Waals surface area (Å²) < 4.78 is 0. The molecule has 0 aromatic heterocycles. The first kappa shape index (κ1) is 15.9. The van der Waals surface area contributed by atoms with Crippen molar-refractivity contribution in [1.82, 2.24) is 16.0 Å². The molecule has 0 aliphatic carbocycles. The molecule has 0 aliphatic rings. The van der Waals surface area contributed by atoms with E-state index in [1.54, 1.807) is 13.8 Å². The Morgan fingerprint density at radius 2 is 1.71 bits per heavy atom. The first-order valence-electron chi connectivity index (χ1n) is 6.20. The Balaban J connectivity index is 3.93. The molecule has 0 rings (SSSR count). The highest BCUT2D eigenvalue weighted by atomic mass is 16.2. The van der Waals surface area contributed by atoms with Crippen molar-refractivity contribution in [1.29, 1.82) is 0 Å². The number of imide groups is 1. The zero-order valence-corrected chi connectivity index (χ0v) is 11.5. The van der Waals surface area contributed by atoms with Crippen molar-refractivity contribution < 1.29 is 9.59 Å². The van der Waals surface area contributed by atoms with Gasteiger partial charge in [0, 0.05) is 6.54 Å². The Hall–Kier alpha value is -1.10. The number of carbonyl (C=O) groups is 2. The predicted octanol–water partition coefficient (Wildman–Crippen LogP) is 1.10. The van der Waals surface area contributed by atoms with Crippen LogP contribution in [0.25, 0.3) is 0 Å². The number of amides is 3. The molecule has 0 aliphatic heterocycles. The average molecular weight is 243 g/mol. The molecule has 100 valence electrons. The first-order valence-corrected chi connectivity index (χ1v) is 6.20. The molecule has 0 aromatic carbocycles. The number of urea groups is 1. The van der Waals surface area contributed by atoms with Crippen LogP contribution in [-0.2, 0) is 4.79 Å². The smallest absolute Gasteiger partial charge is 0.321 e. The number of rotatable bonds is 6. The zero-order valence-electron chi connectivity index (χ0n) is 11.5. The molecule has 0 spiro atoms. The summed E-state index contributed by atoms with van der Waals surface area (Å²) in [7, 11) is 0. The molecule has 0 saturated carbocycles. The second kappa shape index (κ2) is 8.06. The molecule has 0 fully saturated rings. The summed E-state index contributed by atoms with van der Waals surface area (Å²) in [6.07, 6.45) is 0. The van der Waals surface area contributed by atoms with E-state index in [0.717, 1.165) is 6.54 Å². The van der Waals surface area contributed by atoms with Gasteiger partial charge in [-0.05, 0) is 32.2 Å². The maximum atomic E-state index is 11.6. The van der Waals surface area contributed by atoms with Crippen molar-refractivity contribution in [3.05, 3.63) is 0 Å². The fourth-order valence-electron chi connectivity index (χ4n) is 1.12. The Morgan fingerprint density at radius 1 is 1.12 bits per heavy atom. The van der Waals surface area contributed by atoms with Gasteiger partial charge in [-0.2, -0.15) is 0 Å². The lowest BCUT2D eigenvalue weighted by atomic mass is 9.98. The van der Waals surface area contributed by atoms with Gasteiger partial charge in [0.1, 0.15) is 0 Å². The van der Waals surface area contributed by atoms with Gasteiger partial charge >= 0.3 is 6.03 Å². The molecular weight excluding hydrogens is 218 g/mol. The van der Waals surface area contributed by atoms with Crippen LogP contribution in [0.1, 0.15) is 34.6 Å². The minimum absolute atomic E-state index is 0.299. The van der Waals surface area contributed by atoms with E-state index in [9.17, 15) is 9.59 Å². The van der Waals surface area contributed by atoms with Crippen molar-refractivity contribution in [2.45, 2.75) is 40.7 Å². The van der Waals surface area contributed by atoms with Crippen molar-refractivity contribution in [3.8, 4) is 0 Å². The van der Waals surface area contributed by atoms with Gasteiger partial charge in [-0.3, -0.25) is 10.1 Å². The summed E-state index contributed by atoms with van der Waals surface area (Å²) in [4.78, 5) is 22.7. The molecule has 2 unspecified atom stereocenters. The van der Waals surface area contributed by atoms with Gasteiger partial charge in [-0.25, -0.2) is 4.79 Å². The molecule has 0 bridgehead atoms. The summed E-state index contributed by atoms with van der Waals surface area (Å²) >= 11 is 0. The fourth-order valence-corrected chi connectivity index (χ4v) is 1.12. The summed E-state index contributed by atoms with van der Waals surface area (Å²) in [5, 5.41) is 7.92. The van der Waals surface area contributed by atoms with Gasteiger partial charge in [-0.1, -0.05) is 20.8 Å². The summed E-state index contributed by atoms with van der Waals surface area (Å²) in [6, 6.07) is -0.804. The average Bonchev–Trinajstić information content (AvgIpc) is 2.25. The third-order valence-corrected chi connectivity index (χ3v) is 2.85. The normalized spacial score (nSPS) is 14.2. The third-order valence-electron chi connectivity index (χ3n) is 2.85. The van der Waals surface area contributed by atoms with Crippen LogP contribution >= 0.6 is 0 Å². The quantitative estimate of drug-likeness (QED) is 0.654. The molecule has 17 heavy (non-hydrogen) atoms. The molecule has 0 radical (unpaired) electrons. The van der Waals surface area contributed by atoms with E-state index in [-0.39, 0.29) is 11.9 Å². The Kier molecular flexibility index (Phi) is 7.54. The molecule has 3 amide bonds. The second-order valence-electron chi connectivity index (χ2n) is 4.70. The van der Waals surface area contributed by atoms with Crippen LogP contribution in [0.2, 0.25) is 0 Å². The van der Waals surface area contributed by atoms with Crippen molar-refractivity contribution in [2.75, 3.05) is 13.1 Å². The van der Waals surface area contributed by atoms with Gasteiger partial charge in [0.25, 0.3) is 0 Å². The van der Waals surface area contributed by atoms with Gasteiger partial charge in [-0.15, -0.1) is 0 Å². The lowest BCUT2D eigenvalue weighted by Gasteiger charge is -2.19. The fraction of sp³-hybridized carbons (Fsp3) is 0.833. The lowest BCUT2D eigenvalue weighted by molar-refractivity contribution is -0.121. The number of hydrogen-bond donors (Lipinski definition) is 3. The monoisotopic (exact) mass is 243 g/mol. The maximum Gasteiger partial charge on any atom is 0.321 e. The van der Waals surface area contributed by atoms with Crippen LogP contribution in [0, 0.1) is 11.8 Å². The van der Waals surface area contributed by atoms with Crippen LogP contribution in [0.4, 0.5) is 4.79 Å². The molecule has 5 heteroatoms.